The lowest BCUT2D eigenvalue weighted by Crippen LogP contribution is -2.41. The number of nitrogens with one attached hydrogen (secondary N) is 1. The fourth-order valence-electron chi connectivity index (χ4n) is 2.88. The first kappa shape index (κ1) is 16.3. The molecule has 0 radical (unpaired) electrons. The van der Waals surface area contributed by atoms with Crippen molar-refractivity contribution in [2.75, 3.05) is 25.0 Å². The van der Waals surface area contributed by atoms with Gasteiger partial charge in [0.05, 0.1) is 5.02 Å². The number of carbonyl (C=O) groups is 1. The van der Waals surface area contributed by atoms with Gasteiger partial charge in [0.25, 0.3) is 5.91 Å². The summed E-state index contributed by atoms with van der Waals surface area (Å²) in [5.74, 6) is -0.797. The minimum Gasteiger partial charge on any atom is -0.480 e. The summed E-state index contributed by atoms with van der Waals surface area (Å²) in [4.78, 5) is 13.3. The van der Waals surface area contributed by atoms with E-state index < -0.39 is 18.8 Å². The van der Waals surface area contributed by atoms with Crippen molar-refractivity contribution in [1.29, 1.82) is 0 Å². The summed E-state index contributed by atoms with van der Waals surface area (Å²) in [6.07, 6.45) is 3.47. The summed E-state index contributed by atoms with van der Waals surface area (Å²) >= 11 is 6.14. The summed E-state index contributed by atoms with van der Waals surface area (Å²) < 4.78 is 19.9. The monoisotopic (exact) mass is 338 g/mol. The van der Waals surface area contributed by atoms with Crippen molar-refractivity contribution < 1.29 is 18.9 Å². The molecule has 5 nitrogen and oxygen atoms in total. The number of amides is 1. The molecule has 1 aromatic carbocycles. The lowest BCUT2D eigenvalue weighted by molar-refractivity contribution is -0.118. The lowest BCUT2D eigenvalue weighted by Gasteiger charge is -2.29. The van der Waals surface area contributed by atoms with E-state index in [0.717, 1.165) is 25.0 Å². The van der Waals surface area contributed by atoms with Gasteiger partial charge in [-0.2, -0.15) is 0 Å². The smallest absolute Gasteiger partial charge is 0.376 e. The van der Waals surface area contributed by atoms with Crippen LogP contribution in [0.1, 0.15) is 18.4 Å². The molecule has 0 bridgehead atoms. The number of ether oxygens (including phenoxy) is 1. The zero-order valence-corrected chi connectivity index (χ0v) is 13.5. The summed E-state index contributed by atoms with van der Waals surface area (Å²) in [6, 6.07) is 1.50. The van der Waals surface area contributed by atoms with Crippen LogP contribution in [0.2, 0.25) is 11.8 Å². The fraction of sp³-hybridized carbons (Fsp3) is 0.400. The average Bonchev–Trinajstić information content (AvgIpc) is 2.52. The summed E-state index contributed by atoms with van der Waals surface area (Å²) in [6.45, 7) is 2.93. The van der Waals surface area contributed by atoms with Crippen LogP contribution in [0.5, 0.6) is 5.75 Å². The molecular formula is C15H17BClFN2O3. The number of nitrogens with zero attached hydrogens (tertiary/aromatic N) is 1. The number of anilines is 1. The Morgan fingerprint density at radius 1 is 1.57 bits per heavy atom. The number of hydrogen-bond donors (Lipinski definition) is 2. The molecule has 0 aromatic heterocycles. The van der Waals surface area contributed by atoms with Crippen molar-refractivity contribution in [3.05, 3.63) is 28.0 Å². The van der Waals surface area contributed by atoms with E-state index in [1.165, 1.54) is 6.07 Å². The van der Waals surface area contributed by atoms with Gasteiger partial charge < -0.3 is 19.9 Å². The van der Waals surface area contributed by atoms with Crippen LogP contribution in [0.25, 0.3) is 6.08 Å². The van der Waals surface area contributed by atoms with Gasteiger partial charge in [-0.05, 0) is 32.3 Å². The highest BCUT2D eigenvalue weighted by Crippen LogP contribution is 2.40. The number of benzene rings is 1. The number of hydrogen-bond acceptors (Lipinski definition) is 4. The summed E-state index contributed by atoms with van der Waals surface area (Å²) in [5, 5.41) is 12.4. The van der Waals surface area contributed by atoms with Gasteiger partial charge in [-0.3, -0.25) is 4.79 Å². The van der Waals surface area contributed by atoms with Crippen LogP contribution in [-0.2, 0) is 4.79 Å². The largest absolute Gasteiger partial charge is 0.480 e. The Kier molecular flexibility index (Phi) is 4.61. The SMILES string of the molecule is CB(O)N1CCC/C(=C\c2cc(Cl)c3c(c2F)NC(=O)CO3)C1. The Hall–Kier alpha value is -1.57. The highest BCUT2D eigenvalue weighted by atomic mass is 35.5. The molecule has 0 aliphatic carbocycles. The van der Waals surface area contributed by atoms with Crippen LogP contribution >= 0.6 is 11.6 Å². The Morgan fingerprint density at radius 3 is 3.09 bits per heavy atom. The molecule has 2 heterocycles. The van der Waals surface area contributed by atoms with Crippen molar-refractivity contribution in [3.63, 3.8) is 0 Å². The Bertz CT molecular complexity index is 681. The molecule has 8 heteroatoms. The van der Waals surface area contributed by atoms with E-state index in [0.29, 0.717) is 12.1 Å². The highest BCUT2D eigenvalue weighted by Gasteiger charge is 2.26. The van der Waals surface area contributed by atoms with Gasteiger partial charge in [0.1, 0.15) is 5.69 Å². The van der Waals surface area contributed by atoms with Gasteiger partial charge in [0.15, 0.2) is 18.2 Å². The first-order chi connectivity index (χ1) is 11.0. The van der Waals surface area contributed by atoms with Crippen LogP contribution < -0.4 is 10.1 Å². The van der Waals surface area contributed by atoms with Crippen LogP contribution in [0, 0.1) is 5.82 Å². The molecule has 0 spiro atoms. The number of fused-ring (bicyclic) bond motifs is 1. The Labute approximate surface area is 139 Å². The van der Waals surface area contributed by atoms with Crippen molar-refractivity contribution in [2.24, 2.45) is 0 Å². The predicted octanol–water partition coefficient (Wildman–Crippen LogP) is 2.40. The maximum absolute atomic E-state index is 14.7. The summed E-state index contributed by atoms with van der Waals surface area (Å²) in [7, 11) is -0.539. The molecule has 1 amide bonds. The van der Waals surface area contributed by atoms with Crippen LogP contribution in [0.3, 0.4) is 0 Å². The van der Waals surface area contributed by atoms with Crippen molar-refractivity contribution in [2.45, 2.75) is 19.7 Å². The van der Waals surface area contributed by atoms with Crippen molar-refractivity contribution >= 4 is 36.3 Å². The zero-order chi connectivity index (χ0) is 16.6. The molecule has 23 heavy (non-hydrogen) atoms. The minimum absolute atomic E-state index is 0.0104. The average molecular weight is 339 g/mol. The van der Waals surface area contributed by atoms with Crippen LogP contribution in [0.15, 0.2) is 11.6 Å². The molecule has 3 rings (SSSR count). The van der Waals surface area contributed by atoms with Crippen LogP contribution in [-0.4, -0.2) is 42.5 Å². The topological polar surface area (TPSA) is 61.8 Å². The third-order valence-electron chi connectivity index (χ3n) is 4.05. The quantitative estimate of drug-likeness (QED) is 0.813. The molecule has 1 saturated heterocycles. The maximum Gasteiger partial charge on any atom is 0.376 e. The van der Waals surface area contributed by atoms with Gasteiger partial charge in [-0.25, -0.2) is 4.39 Å². The third kappa shape index (κ3) is 3.36. The molecule has 122 valence electrons. The number of carbonyl (C=O) groups excluding carboxylic acids is 1. The molecule has 1 aromatic rings. The first-order valence-corrected chi connectivity index (χ1v) is 7.89. The molecular weight excluding hydrogens is 321 g/mol. The second-order valence-corrected chi connectivity index (χ2v) is 6.22. The predicted molar refractivity (Wildman–Crippen MR) is 88.2 cm³/mol. The summed E-state index contributed by atoms with van der Waals surface area (Å²) in [5.41, 5.74) is 1.31. The fourth-order valence-corrected chi connectivity index (χ4v) is 3.15. The van der Waals surface area contributed by atoms with Crippen LogP contribution in [0.4, 0.5) is 10.1 Å². The molecule has 0 atom stereocenters. The van der Waals surface area contributed by atoms with E-state index >= 15 is 0 Å². The Morgan fingerprint density at radius 2 is 2.35 bits per heavy atom. The van der Waals surface area contributed by atoms with E-state index in [-0.39, 0.29) is 23.1 Å². The number of halogens is 2. The molecule has 2 aliphatic rings. The van der Waals surface area contributed by atoms with E-state index in [1.807, 2.05) is 4.81 Å². The molecule has 0 saturated carbocycles. The second-order valence-electron chi connectivity index (χ2n) is 5.81. The molecule has 1 fully saturated rings. The normalized spacial score (nSPS) is 20.0. The van der Waals surface area contributed by atoms with E-state index in [4.69, 9.17) is 16.3 Å². The van der Waals surface area contributed by atoms with E-state index in [2.05, 4.69) is 5.32 Å². The molecule has 0 unspecified atom stereocenters. The van der Waals surface area contributed by atoms with Gasteiger partial charge in [0.2, 0.25) is 0 Å². The first-order valence-electron chi connectivity index (χ1n) is 7.52. The number of rotatable bonds is 2. The number of piperidine rings is 1. The van der Waals surface area contributed by atoms with Crippen molar-refractivity contribution in [1.82, 2.24) is 4.81 Å². The van der Waals surface area contributed by atoms with Gasteiger partial charge in [-0.1, -0.05) is 23.3 Å². The standard InChI is InChI=1S/C15H17BClFN2O3/c1-16(22)20-4-2-3-9(7-20)5-10-6-11(17)15-14(13(10)18)19-12(21)8-23-15/h5-6,22H,2-4,7-8H2,1H3,(H,19,21)/b9-5+. The van der Waals surface area contributed by atoms with Gasteiger partial charge >= 0.3 is 7.05 Å². The second kappa shape index (κ2) is 6.51. The maximum atomic E-state index is 14.7. The van der Waals surface area contributed by atoms with E-state index in [9.17, 15) is 14.2 Å². The lowest BCUT2D eigenvalue weighted by atomic mass is 9.82. The van der Waals surface area contributed by atoms with Crippen molar-refractivity contribution in [3.8, 4) is 5.75 Å². The zero-order valence-electron chi connectivity index (χ0n) is 12.7. The van der Waals surface area contributed by atoms with E-state index in [1.54, 1.807) is 12.9 Å². The minimum atomic E-state index is -0.556. The van der Waals surface area contributed by atoms with Gasteiger partial charge in [0, 0.05) is 12.1 Å². The van der Waals surface area contributed by atoms with Gasteiger partial charge in [-0.15, -0.1) is 0 Å². The molecule has 2 aliphatic heterocycles. The highest BCUT2D eigenvalue weighted by molar-refractivity contribution is 6.45. The Balaban J connectivity index is 1.94. The molecule has 2 N–H and O–H groups in total. The third-order valence-corrected chi connectivity index (χ3v) is 4.33.